The first-order valence-electron chi connectivity index (χ1n) is 6.50. The van der Waals surface area contributed by atoms with Gasteiger partial charge in [0.15, 0.2) is 0 Å². The van der Waals surface area contributed by atoms with E-state index in [1.165, 1.54) is 0 Å². The molecule has 0 rings (SSSR count). The summed E-state index contributed by atoms with van der Waals surface area (Å²) in [5.74, 6) is 0.553. The number of halogens is 1. The van der Waals surface area contributed by atoms with Gasteiger partial charge in [0.1, 0.15) is 6.54 Å². The molecule has 0 radical (unpaired) electrons. The van der Waals surface area contributed by atoms with Crippen molar-refractivity contribution in [3.8, 4) is 0 Å². The predicted molar refractivity (Wildman–Crippen MR) is 72.6 cm³/mol. The van der Waals surface area contributed by atoms with Crippen LogP contribution in [-0.2, 0) is 14.3 Å². The smallest absolute Gasteiger partial charge is 0.325 e. The Bertz CT molecular complexity index is 257. The molecule has 0 saturated carbocycles. The summed E-state index contributed by atoms with van der Waals surface area (Å²) in [5.41, 5.74) is 0. The number of esters is 1. The van der Waals surface area contributed by atoms with Gasteiger partial charge >= 0.3 is 5.97 Å². The summed E-state index contributed by atoms with van der Waals surface area (Å²) < 4.78 is 4.88. The largest absolute Gasteiger partial charge is 0.465 e. The monoisotopic (exact) mass is 277 g/mol. The van der Waals surface area contributed by atoms with Crippen LogP contribution < -0.4 is 0 Å². The quantitative estimate of drug-likeness (QED) is 0.369. The zero-order valence-corrected chi connectivity index (χ0v) is 12.3. The van der Waals surface area contributed by atoms with E-state index in [1.807, 2.05) is 13.8 Å². The minimum Gasteiger partial charge on any atom is -0.465 e. The Hall–Kier alpha value is -0.770. The number of alkyl halides is 1. The third-order valence-electron chi connectivity index (χ3n) is 2.34. The van der Waals surface area contributed by atoms with E-state index in [-0.39, 0.29) is 18.4 Å². The van der Waals surface area contributed by atoms with Crippen molar-refractivity contribution < 1.29 is 14.3 Å². The van der Waals surface area contributed by atoms with Crippen molar-refractivity contribution in [1.82, 2.24) is 4.90 Å². The summed E-state index contributed by atoms with van der Waals surface area (Å²) in [6, 6.07) is 0. The average molecular weight is 278 g/mol. The number of unbranched alkanes of at least 4 members (excludes halogenated alkanes) is 1. The molecule has 0 bridgehead atoms. The molecule has 0 aromatic rings. The lowest BCUT2D eigenvalue weighted by Crippen LogP contribution is -2.38. The molecule has 106 valence electrons. The van der Waals surface area contributed by atoms with E-state index < -0.39 is 0 Å². The highest BCUT2D eigenvalue weighted by Crippen LogP contribution is 2.06. The van der Waals surface area contributed by atoms with Crippen molar-refractivity contribution in [2.45, 2.75) is 40.0 Å². The fourth-order valence-electron chi connectivity index (χ4n) is 1.59. The average Bonchev–Trinajstić information content (AvgIpc) is 2.28. The molecule has 5 heteroatoms. The maximum absolute atomic E-state index is 12.0. The van der Waals surface area contributed by atoms with E-state index in [4.69, 9.17) is 16.3 Å². The number of amides is 1. The summed E-state index contributed by atoms with van der Waals surface area (Å²) in [6.07, 6.45) is 2.03. The normalized spacial score (nSPS) is 10.5. The van der Waals surface area contributed by atoms with E-state index in [2.05, 4.69) is 0 Å². The van der Waals surface area contributed by atoms with E-state index >= 15 is 0 Å². The molecule has 0 saturated heterocycles. The Morgan fingerprint density at radius 3 is 2.44 bits per heavy atom. The first-order valence-corrected chi connectivity index (χ1v) is 7.04. The van der Waals surface area contributed by atoms with Crippen molar-refractivity contribution in [3.63, 3.8) is 0 Å². The number of hydrogen-bond acceptors (Lipinski definition) is 3. The van der Waals surface area contributed by atoms with Gasteiger partial charge in [0.05, 0.1) is 6.61 Å². The summed E-state index contributed by atoms with van der Waals surface area (Å²) in [6.45, 7) is 6.76. The maximum Gasteiger partial charge on any atom is 0.325 e. The highest BCUT2D eigenvalue weighted by molar-refractivity contribution is 6.17. The second-order valence-corrected chi connectivity index (χ2v) is 5.00. The standard InChI is InChI=1S/C13H24ClNO3/c1-4-18-13(17)10-15(9-11(2)3)12(16)7-5-6-8-14/h11H,4-10H2,1-3H3. The van der Waals surface area contributed by atoms with Crippen LogP contribution in [0.4, 0.5) is 0 Å². The summed E-state index contributed by atoms with van der Waals surface area (Å²) in [5, 5.41) is 0. The van der Waals surface area contributed by atoms with E-state index in [9.17, 15) is 9.59 Å². The van der Waals surface area contributed by atoms with Gasteiger partial charge in [-0.1, -0.05) is 13.8 Å². The zero-order chi connectivity index (χ0) is 14.0. The molecule has 0 aromatic carbocycles. The first kappa shape index (κ1) is 17.2. The van der Waals surface area contributed by atoms with Crippen LogP contribution in [0.15, 0.2) is 0 Å². The van der Waals surface area contributed by atoms with Crippen molar-refractivity contribution in [2.75, 3.05) is 25.6 Å². The molecular formula is C13H24ClNO3. The van der Waals surface area contributed by atoms with E-state index in [0.29, 0.717) is 31.4 Å². The second kappa shape index (κ2) is 10.2. The second-order valence-electron chi connectivity index (χ2n) is 4.62. The predicted octanol–water partition coefficient (Wildman–Crippen LogP) is 2.44. The molecule has 0 aliphatic rings. The maximum atomic E-state index is 12.0. The number of rotatable bonds is 9. The molecule has 4 nitrogen and oxygen atoms in total. The molecule has 0 heterocycles. The minimum absolute atomic E-state index is 0.00173. The molecule has 0 N–H and O–H groups in total. The fraction of sp³-hybridized carbons (Fsp3) is 0.846. The van der Waals surface area contributed by atoms with Gasteiger partial charge < -0.3 is 9.64 Å². The third kappa shape index (κ3) is 8.34. The highest BCUT2D eigenvalue weighted by Gasteiger charge is 2.18. The van der Waals surface area contributed by atoms with Crippen LogP contribution in [0.2, 0.25) is 0 Å². The number of nitrogens with zero attached hydrogens (tertiary/aromatic N) is 1. The lowest BCUT2D eigenvalue weighted by Gasteiger charge is -2.23. The molecule has 18 heavy (non-hydrogen) atoms. The molecule has 0 spiro atoms. The lowest BCUT2D eigenvalue weighted by molar-refractivity contribution is -0.149. The Labute approximate surface area is 115 Å². The summed E-state index contributed by atoms with van der Waals surface area (Å²) >= 11 is 5.58. The highest BCUT2D eigenvalue weighted by atomic mass is 35.5. The molecule has 0 aliphatic carbocycles. The van der Waals surface area contributed by atoms with E-state index in [0.717, 1.165) is 12.8 Å². The molecule has 0 fully saturated rings. The zero-order valence-electron chi connectivity index (χ0n) is 11.6. The van der Waals surface area contributed by atoms with Crippen molar-refractivity contribution >= 4 is 23.5 Å². The molecular weight excluding hydrogens is 254 g/mol. The SMILES string of the molecule is CCOC(=O)CN(CC(C)C)C(=O)CCCCCl. The van der Waals surface area contributed by atoms with Crippen molar-refractivity contribution in [2.24, 2.45) is 5.92 Å². The number of carbonyl (C=O) groups is 2. The third-order valence-corrected chi connectivity index (χ3v) is 2.61. The molecule has 0 atom stereocenters. The van der Waals surface area contributed by atoms with Gasteiger partial charge in [0.2, 0.25) is 5.91 Å². The van der Waals surface area contributed by atoms with Gasteiger partial charge in [-0.3, -0.25) is 9.59 Å². The topological polar surface area (TPSA) is 46.6 Å². The van der Waals surface area contributed by atoms with Crippen LogP contribution in [0.1, 0.15) is 40.0 Å². The van der Waals surface area contributed by atoms with Gasteiger partial charge in [-0.15, -0.1) is 11.6 Å². The number of hydrogen-bond donors (Lipinski definition) is 0. The summed E-state index contributed by atoms with van der Waals surface area (Å²) in [4.78, 5) is 25.0. The van der Waals surface area contributed by atoms with Crippen LogP contribution in [-0.4, -0.2) is 42.4 Å². The first-order chi connectivity index (χ1) is 8.51. The van der Waals surface area contributed by atoms with Crippen LogP contribution >= 0.6 is 11.6 Å². The Morgan fingerprint density at radius 2 is 1.94 bits per heavy atom. The minimum atomic E-state index is -0.344. The lowest BCUT2D eigenvalue weighted by atomic mass is 10.1. The number of ether oxygens (including phenoxy) is 1. The van der Waals surface area contributed by atoms with E-state index in [1.54, 1.807) is 11.8 Å². The number of carbonyl (C=O) groups excluding carboxylic acids is 2. The molecule has 1 amide bonds. The fourth-order valence-corrected chi connectivity index (χ4v) is 1.78. The molecule has 0 aliphatic heterocycles. The van der Waals surface area contributed by atoms with Crippen LogP contribution in [0.25, 0.3) is 0 Å². The van der Waals surface area contributed by atoms with Gasteiger partial charge in [0.25, 0.3) is 0 Å². The van der Waals surface area contributed by atoms with Gasteiger partial charge in [0, 0.05) is 18.8 Å². The molecule has 0 aromatic heterocycles. The van der Waals surface area contributed by atoms with Crippen molar-refractivity contribution in [3.05, 3.63) is 0 Å². The van der Waals surface area contributed by atoms with Crippen molar-refractivity contribution in [1.29, 1.82) is 0 Å². The Morgan fingerprint density at radius 1 is 1.28 bits per heavy atom. The molecule has 0 unspecified atom stereocenters. The Balaban J connectivity index is 4.28. The summed E-state index contributed by atoms with van der Waals surface area (Å²) in [7, 11) is 0. The van der Waals surface area contributed by atoms with Gasteiger partial charge in [-0.2, -0.15) is 0 Å². The van der Waals surface area contributed by atoms with Crippen LogP contribution in [0.5, 0.6) is 0 Å². The van der Waals surface area contributed by atoms with Crippen LogP contribution in [0, 0.1) is 5.92 Å². The van der Waals surface area contributed by atoms with Gasteiger partial charge in [-0.05, 0) is 25.7 Å². The Kier molecular flexibility index (Phi) is 9.74. The van der Waals surface area contributed by atoms with Gasteiger partial charge in [-0.25, -0.2) is 0 Å². The van der Waals surface area contributed by atoms with Crippen LogP contribution in [0.3, 0.4) is 0 Å².